The molecule has 0 aliphatic carbocycles. The number of likely N-dealkylation sites (tertiary alicyclic amines) is 1. The van der Waals surface area contributed by atoms with Gasteiger partial charge in [-0.2, -0.15) is 0 Å². The van der Waals surface area contributed by atoms with E-state index >= 15 is 0 Å². The molecule has 2 aliphatic rings. The predicted molar refractivity (Wildman–Crippen MR) is 97.5 cm³/mol. The van der Waals surface area contributed by atoms with Crippen LogP contribution < -0.4 is 16.6 Å². The molecule has 1 aromatic heterocycles. The van der Waals surface area contributed by atoms with Crippen molar-refractivity contribution in [3.05, 3.63) is 44.6 Å². The monoisotopic (exact) mass is 364 g/mol. The molecule has 2 fully saturated rings. The van der Waals surface area contributed by atoms with E-state index < -0.39 is 5.69 Å². The molecule has 2 saturated heterocycles. The summed E-state index contributed by atoms with van der Waals surface area (Å²) in [5.74, 6) is 1.03. The van der Waals surface area contributed by atoms with Crippen molar-refractivity contribution in [1.82, 2.24) is 19.8 Å². The normalized spacial score (nSPS) is 22.0. The number of aromatic amines is 1. The zero-order valence-electron chi connectivity index (χ0n) is 13.9. The second-order valence-corrected chi connectivity index (χ2v) is 6.63. The lowest BCUT2D eigenvalue weighted by Crippen LogP contribution is -2.35. The molecule has 25 heavy (non-hydrogen) atoms. The molecule has 134 valence electrons. The highest BCUT2D eigenvalue weighted by atomic mass is 35.5. The summed E-state index contributed by atoms with van der Waals surface area (Å²) in [6, 6.07) is 4.93. The number of nitrogens with one attached hydrogen (secondary N) is 2. The third kappa shape index (κ3) is 2.87. The Morgan fingerprint density at radius 1 is 1.20 bits per heavy atom. The van der Waals surface area contributed by atoms with Crippen molar-refractivity contribution in [2.24, 2.45) is 11.8 Å². The first-order valence-electron chi connectivity index (χ1n) is 8.35. The number of benzene rings is 1. The van der Waals surface area contributed by atoms with Gasteiger partial charge in [0.25, 0.3) is 11.5 Å². The SMILES string of the molecule is CCn1c(=O)[nH]c2cc(C(=O)N3C[C@H]4CNC[C@H]4C3)ccc2c1=O.Cl. The number of carbonyl (C=O) groups is 1. The quantitative estimate of drug-likeness (QED) is 0.808. The van der Waals surface area contributed by atoms with Gasteiger partial charge in [0, 0.05) is 38.3 Å². The van der Waals surface area contributed by atoms with Crippen molar-refractivity contribution in [3.8, 4) is 0 Å². The molecule has 0 bridgehead atoms. The molecule has 1 aromatic carbocycles. The van der Waals surface area contributed by atoms with E-state index in [1.807, 2.05) is 4.90 Å². The van der Waals surface area contributed by atoms with E-state index in [-0.39, 0.29) is 23.9 Å². The van der Waals surface area contributed by atoms with Crippen LogP contribution in [-0.2, 0) is 6.54 Å². The zero-order chi connectivity index (χ0) is 16.8. The van der Waals surface area contributed by atoms with Crippen LogP contribution >= 0.6 is 12.4 Å². The molecule has 4 rings (SSSR count). The molecule has 2 atom stereocenters. The lowest BCUT2D eigenvalue weighted by atomic mass is 10.0. The molecule has 7 nitrogen and oxygen atoms in total. The van der Waals surface area contributed by atoms with Gasteiger partial charge in [0.2, 0.25) is 0 Å². The number of carbonyl (C=O) groups excluding carboxylic acids is 1. The van der Waals surface area contributed by atoms with Gasteiger partial charge in [-0.15, -0.1) is 12.4 Å². The van der Waals surface area contributed by atoms with Crippen LogP contribution in [0.1, 0.15) is 17.3 Å². The maximum Gasteiger partial charge on any atom is 0.328 e. The fourth-order valence-electron chi connectivity index (χ4n) is 3.88. The number of hydrogen-bond acceptors (Lipinski definition) is 4. The minimum atomic E-state index is -0.443. The first kappa shape index (κ1) is 17.7. The number of halogens is 1. The predicted octanol–water partition coefficient (Wildman–Crippen LogP) is 0.423. The van der Waals surface area contributed by atoms with Crippen molar-refractivity contribution >= 4 is 29.2 Å². The van der Waals surface area contributed by atoms with E-state index in [0.29, 0.717) is 34.8 Å². The van der Waals surface area contributed by atoms with Crippen molar-refractivity contribution in [3.63, 3.8) is 0 Å². The fraction of sp³-hybridized carbons (Fsp3) is 0.471. The molecule has 0 saturated carbocycles. The molecular weight excluding hydrogens is 344 g/mol. The minimum absolute atomic E-state index is 0. The maximum atomic E-state index is 12.7. The van der Waals surface area contributed by atoms with Crippen molar-refractivity contribution in [2.45, 2.75) is 13.5 Å². The maximum absolute atomic E-state index is 12.7. The van der Waals surface area contributed by atoms with Crippen LogP contribution in [0.2, 0.25) is 0 Å². The molecule has 0 spiro atoms. The summed E-state index contributed by atoms with van der Waals surface area (Å²) in [5.41, 5.74) is 0.166. The Bertz CT molecular complexity index is 924. The Kier molecular flexibility index (Phi) is 4.71. The number of amides is 1. The molecule has 8 heteroatoms. The average Bonchev–Trinajstić information content (AvgIpc) is 3.15. The van der Waals surface area contributed by atoms with Gasteiger partial charge in [-0.1, -0.05) is 0 Å². The van der Waals surface area contributed by atoms with Gasteiger partial charge in [0.1, 0.15) is 0 Å². The van der Waals surface area contributed by atoms with Gasteiger partial charge < -0.3 is 15.2 Å². The van der Waals surface area contributed by atoms with E-state index in [1.165, 1.54) is 0 Å². The molecule has 3 heterocycles. The summed E-state index contributed by atoms with van der Waals surface area (Å²) in [7, 11) is 0. The number of rotatable bonds is 2. The van der Waals surface area contributed by atoms with Crippen LogP contribution in [-0.4, -0.2) is 46.5 Å². The molecule has 0 unspecified atom stereocenters. The third-order valence-electron chi connectivity index (χ3n) is 5.22. The summed E-state index contributed by atoms with van der Waals surface area (Å²) in [6.07, 6.45) is 0. The Morgan fingerprint density at radius 2 is 1.88 bits per heavy atom. The van der Waals surface area contributed by atoms with E-state index in [9.17, 15) is 14.4 Å². The summed E-state index contributed by atoms with van der Waals surface area (Å²) in [6.45, 7) is 5.53. The molecule has 0 radical (unpaired) electrons. The average molecular weight is 365 g/mol. The minimum Gasteiger partial charge on any atom is -0.338 e. The summed E-state index contributed by atoms with van der Waals surface area (Å²) >= 11 is 0. The summed E-state index contributed by atoms with van der Waals surface area (Å²) < 4.78 is 1.15. The summed E-state index contributed by atoms with van der Waals surface area (Å²) in [4.78, 5) is 41.6. The standard InChI is InChI=1S/C17H20N4O3.ClH/c1-2-21-16(23)13-4-3-10(5-14(13)19-17(21)24)15(22)20-8-11-6-18-7-12(11)9-20;/h3-5,11-12,18H,2,6-9H2,1H3,(H,19,24);1H/t11-,12+;. The molecule has 1 amide bonds. The van der Waals surface area contributed by atoms with Gasteiger partial charge in [-0.3, -0.25) is 14.2 Å². The van der Waals surface area contributed by atoms with Crippen LogP contribution in [0.5, 0.6) is 0 Å². The number of nitrogens with zero attached hydrogens (tertiary/aromatic N) is 2. The molecule has 2 aliphatic heterocycles. The van der Waals surface area contributed by atoms with Crippen LogP contribution in [0.4, 0.5) is 0 Å². The molecule has 2 aromatic rings. The fourth-order valence-corrected chi connectivity index (χ4v) is 3.88. The van der Waals surface area contributed by atoms with Gasteiger partial charge in [0.15, 0.2) is 0 Å². The van der Waals surface area contributed by atoms with Crippen molar-refractivity contribution < 1.29 is 4.79 Å². The zero-order valence-corrected chi connectivity index (χ0v) is 14.8. The topological polar surface area (TPSA) is 87.2 Å². The van der Waals surface area contributed by atoms with Gasteiger partial charge in [0.05, 0.1) is 10.9 Å². The van der Waals surface area contributed by atoms with Gasteiger partial charge in [-0.05, 0) is 37.0 Å². The van der Waals surface area contributed by atoms with Crippen LogP contribution in [0.15, 0.2) is 27.8 Å². The van der Waals surface area contributed by atoms with Crippen LogP contribution in [0, 0.1) is 11.8 Å². The Hall–Kier alpha value is -2.12. The molecular formula is C17H21ClN4O3. The highest BCUT2D eigenvalue weighted by Gasteiger charge is 2.38. The van der Waals surface area contributed by atoms with Crippen molar-refractivity contribution in [1.29, 1.82) is 0 Å². The van der Waals surface area contributed by atoms with E-state index in [4.69, 9.17) is 0 Å². The van der Waals surface area contributed by atoms with E-state index in [2.05, 4.69) is 10.3 Å². The first-order valence-corrected chi connectivity index (χ1v) is 8.35. The number of hydrogen-bond donors (Lipinski definition) is 2. The third-order valence-corrected chi connectivity index (χ3v) is 5.22. The lowest BCUT2D eigenvalue weighted by molar-refractivity contribution is 0.0782. The second kappa shape index (κ2) is 6.65. The Labute approximate surface area is 150 Å². The van der Waals surface area contributed by atoms with Gasteiger partial charge in [-0.25, -0.2) is 4.79 Å². The Morgan fingerprint density at radius 3 is 2.52 bits per heavy atom. The summed E-state index contributed by atoms with van der Waals surface area (Å²) in [5, 5.41) is 3.78. The highest BCUT2D eigenvalue weighted by molar-refractivity contribution is 5.97. The Balaban J connectivity index is 0.00000182. The van der Waals surface area contributed by atoms with E-state index in [0.717, 1.165) is 30.7 Å². The number of aromatic nitrogens is 2. The van der Waals surface area contributed by atoms with Crippen molar-refractivity contribution in [2.75, 3.05) is 26.2 Å². The number of H-pyrrole nitrogens is 1. The molecule has 2 N–H and O–H groups in total. The van der Waals surface area contributed by atoms with Crippen LogP contribution in [0.25, 0.3) is 10.9 Å². The first-order chi connectivity index (χ1) is 11.6. The van der Waals surface area contributed by atoms with Crippen LogP contribution in [0.3, 0.4) is 0 Å². The second-order valence-electron chi connectivity index (χ2n) is 6.63. The largest absolute Gasteiger partial charge is 0.338 e. The van der Waals surface area contributed by atoms with E-state index in [1.54, 1.807) is 25.1 Å². The number of fused-ring (bicyclic) bond motifs is 2. The smallest absolute Gasteiger partial charge is 0.328 e. The lowest BCUT2D eigenvalue weighted by Gasteiger charge is -2.17. The highest BCUT2D eigenvalue weighted by Crippen LogP contribution is 2.27. The van der Waals surface area contributed by atoms with Gasteiger partial charge >= 0.3 is 5.69 Å².